The van der Waals surface area contributed by atoms with Gasteiger partial charge in [-0.05, 0) is 55.1 Å². The van der Waals surface area contributed by atoms with E-state index in [4.69, 9.17) is 11.6 Å². The number of amides is 2. The van der Waals surface area contributed by atoms with Crippen molar-refractivity contribution in [3.8, 4) is 0 Å². The van der Waals surface area contributed by atoms with Crippen LogP contribution in [0.4, 0.5) is 16.3 Å². The summed E-state index contributed by atoms with van der Waals surface area (Å²) in [6.07, 6.45) is 3.91. The number of carbonyl (C=O) groups excluding carboxylic acids is 1. The number of hydrogen-bond donors (Lipinski definition) is 3. The monoisotopic (exact) mass is 330 g/mol. The lowest BCUT2D eigenvalue weighted by molar-refractivity contribution is 0.262. The summed E-state index contributed by atoms with van der Waals surface area (Å²) in [7, 11) is 0. The standard InChI is InChI=1S/C17H19ClN4O/c18-14-5-8-16(20-11-14)22-17(23)21-15-6-3-12(4-7-15)13-2-1-9-19-10-13/h3-8,11,13,19H,1-2,9-10H2,(H2,20,21,22,23). The van der Waals surface area contributed by atoms with E-state index in [9.17, 15) is 4.79 Å². The van der Waals surface area contributed by atoms with E-state index >= 15 is 0 Å². The maximum atomic E-state index is 11.9. The Morgan fingerprint density at radius 2 is 2.00 bits per heavy atom. The molecule has 5 nitrogen and oxygen atoms in total. The maximum absolute atomic E-state index is 11.9. The van der Waals surface area contributed by atoms with Crippen LogP contribution < -0.4 is 16.0 Å². The third-order valence-electron chi connectivity index (χ3n) is 3.91. The van der Waals surface area contributed by atoms with Gasteiger partial charge in [0.05, 0.1) is 5.02 Å². The van der Waals surface area contributed by atoms with Crippen LogP contribution in [-0.4, -0.2) is 24.1 Å². The van der Waals surface area contributed by atoms with Gasteiger partial charge in [-0.25, -0.2) is 9.78 Å². The summed E-state index contributed by atoms with van der Waals surface area (Å²) >= 11 is 5.76. The Kier molecular flexibility index (Phi) is 5.10. The fourth-order valence-electron chi connectivity index (χ4n) is 2.70. The number of hydrogen-bond acceptors (Lipinski definition) is 3. The molecule has 1 aliphatic heterocycles. The summed E-state index contributed by atoms with van der Waals surface area (Å²) in [5.74, 6) is 1.02. The van der Waals surface area contributed by atoms with Crippen LogP contribution in [0, 0.1) is 0 Å². The van der Waals surface area contributed by atoms with Crippen LogP contribution in [0.25, 0.3) is 0 Å². The number of benzene rings is 1. The van der Waals surface area contributed by atoms with Crippen molar-refractivity contribution in [3.63, 3.8) is 0 Å². The Morgan fingerprint density at radius 3 is 2.65 bits per heavy atom. The minimum absolute atomic E-state index is 0.327. The quantitative estimate of drug-likeness (QED) is 0.801. The van der Waals surface area contributed by atoms with E-state index in [0.29, 0.717) is 16.8 Å². The minimum Gasteiger partial charge on any atom is -0.316 e. The van der Waals surface area contributed by atoms with Gasteiger partial charge < -0.3 is 10.6 Å². The molecule has 2 aromatic rings. The first-order valence-electron chi connectivity index (χ1n) is 7.71. The molecule has 0 saturated carbocycles. The fourth-order valence-corrected chi connectivity index (χ4v) is 2.82. The van der Waals surface area contributed by atoms with Crippen LogP contribution in [0.1, 0.15) is 24.3 Å². The van der Waals surface area contributed by atoms with Crippen LogP contribution >= 0.6 is 11.6 Å². The van der Waals surface area contributed by atoms with E-state index in [1.54, 1.807) is 12.1 Å². The molecule has 3 N–H and O–H groups in total. The van der Waals surface area contributed by atoms with Gasteiger partial charge in [0.1, 0.15) is 5.82 Å². The molecular formula is C17H19ClN4O. The van der Waals surface area contributed by atoms with Crippen molar-refractivity contribution < 1.29 is 4.79 Å². The zero-order valence-electron chi connectivity index (χ0n) is 12.7. The first kappa shape index (κ1) is 15.8. The summed E-state index contributed by atoms with van der Waals surface area (Å²) in [6.45, 7) is 2.13. The van der Waals surface area contributed by atoms with Gasteiger partial charge in [-0.1, -0.05) is 23.7 Å². The molecule has 6 heteroatoms. The molecule has 1 unspecified atom stereocenters. The van der Waals surface area contributed by atoms with Gasteiger partial charge in [-0.3, -0.25) is 5.32 Å². The maximum Gasteiger partial charge on any atom is 0.324 e. The highest BCUT2D eigenvalue weighted by Gasteiger charge is 2.14. The Morgan fingerprint density at radius 1 is 1.17 bits per heavy atom. The zero-order valence-corrected chi connectivity index (χ0v) is 13.4. The smallest absolute Gasteiger partial charge is 0.316 e. The van der Waals surface area contributed by atoms with Gasteiger partial charge in [0.25, 0.3) is 0 Å². The van der Waals surface area contributed by atoms with Crippen molar-refractivity contribution in [2.45, 2.75) is 18.8 Å². The largest absolute Gasteiger partial charge is 0.324 e. The molecule has 1 aliphatic rings. The molecule has 2 heterocycles. The number of aromatic nitrogens is 1. The second-order valence-electron chi connectivity index (χ2n) is 5.61. The minimum atomic E-state index is -0.327. The number of halogens is 1. The molecule has 1 fully saturated rings. The lowest BCUT2D eigenvalue weighted by Gasteiger charge is -2.23. The van der Waals surface area contributed by atoms with Gasteiger partial charge in [-0.2, -0.15) is 0 Å². The second kappa shape index (κ2) is 7.44. The lowest BCUT2D eigenvalue weighted by Crippen LogP contribution is -2.28. The molecule has 0 bridgehead atoms. The van der Waals surface area contributed by atoms with Crippen molar-refractivity contribution in [1.29, 1.82) is 0 Å². The van der Waals surface area contributed by atoms with Crippen LogP contribution in [0.2, 0.25) is 5.02 Å². The van der Waals surface area contributed by atoms with E-state index in [2.05, 4.69) is 33.1 Å². The number of nitrogens with zero attached hydrogens (tertiary/aromatic N) is 1. The number of piperidine rings is 1. The SMILES string of the molecule is O=C(Nc1ccc(C2CCCNC2)cc1)Nc1ccc(Cl)cn1. The molecule has 23 heavy (non-hydrogen) atoms. The van der Waals surface area contributed by atoms with Crippen molar-refractivity contribution in [1.82, 2.24) is 10.3 Å². The molecule has 120 valence electrons. The van der Waals surface area contributed by atoms with Gasteiger partial charge in [0.15, 0.2) is 0 Å². The Hall–Kier alpha value is -2.11. The Labute approximate surface area is 140 Å². The average molecular weight is 331 g/mol. The van der Waals surface area contributed by atoms with E-state index in [0.717, 1.165) is 18.8 Å². The number of urea groups is 1. The molecule has 1 aromatic heterocycles. The van der Waals surface area contributed by atoms with E-state index in [-0.39, 0.29) is 6.03 Å². The van der Waals surface area contributed by atoms with E-state index in [1.807, 2.05) is 12.1 Å². The topological polar surface area (TPSA) is 66.1 Å². The van der Waals surface area contributed by atoms with Crippen molar-refractivity contribution >= 4 is 29.1 Å². The van der Waals surface area contributed by atoms with Crippen LogP contribution in [0.3, 0.4) is 0 Å². The van der Waals surface area contributed by atoms with Gasteiger partial charge in [0.2, 0.25) is 0 Å². The predicted octanol–water partition coefficient (Wildman–Crippen LogP) is 3.85. The van der Waals surface area contributed by atoms with Gasteiger partial charge >= 0.3 is 6.03 Å². The highest BCUT2D eigenvalue weighted by atomic mass is 35.5. The molecule has 0 spiro atoms. The average Bonchev–Trinajstić information content (AvgIpc) is 2.58. The lowest BCUT2D eigenvalue weighted by atomic mass is 9.92. The predicted molar refractivity (Wildman–Crippen MR) is 93.2 cm³/mol. The Balaban J connectivity index is 1.57. The third kappa shape index (κ3) is 4.43. The molecule has 3 rings (SSSR count). The van der Waals surface area contributed by atoms with Gasteiger partial charge in [0, 0.05) is 18.4 Å². The van der Waals surface area contributed by atoms with Crippen molar-refractivity contribution in [2.24, 2.45) is 0 Å². The number of rotatable bonds is 3. The molecule has 1 saturated heterocycles. The molecule has 1 atom stereocenters. The summed E-state index contributed by atoms with van der Waals surface area (Å²) in [4.78, 5) is 16.0. The molecule has 2 amide bonds. The van der Waals surface area contributed by atoms with Crippen LogP contribution in [0.5, 0.6) is 0 Å². The molecule has 0 radical (unpaired) electrons. The van der Waals surface area contributed by atoms with Crippen molar-refractivity contribution in [2.75, 3.05) is 23.7 Å². The van der Waals surface area contributed by atoms with Crippen LogP contribution in [-0.2, 0) is 0 Å². The summed E-state index contributed by atoms with van der Waals surface area (Å²) < 4.78 is 0. The first-order chi connectivity index (χ1) is 11.2. The van der Waals surface area contributed by atoms with Gasteiger partial charge in [-0.15, -0.1) is 0 Å². The van der Waals surface area contributed by atoms with Crippen LogP contribution in [0.15, 0.2) is 42.6 Å². The number of nitrogens with one attached hydrogen (secondary N) is 3. The molecule has 0 aliphatic carbocycles. The summed E-state index contributed by atoms with van der Waals surface area (Å²) in [5.41, 5.74) is 2.06. The number of carbonyl (C=O) groups is 1. The number of pyridine rings is 1. The molecule has 1 aromatic carbocycles. The highest BCUT2D eigenvalue weighted by Crippen LogP contribution is 2.24. The fraction of sp³-hybridized carbons (Fsp3) is 0.294. The van der Waals surface area contributed by atoms with E-state index < -0.39 is 0 Å². The zero-order chi connectivity index (χ0) is 16.1. The number of anilines is 2. The second-order valence-corrected chi connectivity index (χ2v) is 6.04. The summed E-state index contributed by atoms with van der Waals surface area (Å²) in [6, 6.07) is 11.0. The summed E-state index contributed by atoms with van der Waals surface area (Å²) in [5, 5.41) is 9.41. The van der Waals surface area contributed by atoms with Crippen molar-refractivity contribution in [3.05, 3.63) is 53.2 Å². The normalized spacial score (nSPS) is 17.5. The first-order valence-corrected chi connectivity index (χ1v) is 8.09. The molecular weight excluding hydrogens is 312 g/mol. The highest BCUT2D eigenvalue weighted by molar-refractivity contribution is 6.30. The Bertz CT molecular complexity index is 651. The third-order valence-corrected chi connectivity index (χ3v) is 4.13. The van der Waals surface area contributed by atoms with E-state index in [1.165, 1.54) is 24.6 Å².